The van der Waals surface area contributed by atoms with Crippen molar-refractivity contribution in [3.05, 3.63) is 48.2 Å². The van der Waals surface area contributed by atoms with E-state index in [1.807, 2.05) is 30.3 Å². The van der Waals surface area contributed by atoms with Gasteiger partial charge in [0.25, 0.3) is 5.91 Å². The maximum Gasteiger partial charge on any atom is 0.264 e. The summed E-state index contributed by atoms with van der Waals surface area (Å²) in [4.78, 5) is 10.6. The lowest BCUT2D eigenvalue weighted by Crippen LogP contribution is -2.24. The number of primary amides is 1. The molecule has 0 aliphatic rings. The fourth-order valence-corrected chi connectivity index (χ4v) is 0.892. The van der Waals surface area contributed by atoms with Gasteiger partial charge in [-0.05, 0) is 5.56 Å². The van der Waals surface area contributed by atoms with Crippen molar-refractivity contribution in [1.29, 1.82) is 0 Å². The van der Waals surface area contributed by atoms with E-state index in [2.05, 4.69) is 11.9 Å². The summed E-state index contributed by atoms with van der Waals surface area (Å²) >= 11 is 0. The van der Waals surface area contributed by atoms with Gasteiger partial charge in [-0.3, -0.25) is 4.79 Å². The number of nitrogens with two attached hydrogens (primary N) is 1. The second-order valence-electron chi connectivity index (χ2n) is 2.68. The number of hydrogen-bond acceptors (Lipinski definition) is 2. The molecule has 0 atom stereocenters. The molecule has 0 aromatic heterocycles. The number of hydrogen-bond donors (Lipinski definition) is 2. The average molecular weight is 176 g/mol. The predicted octanol–water partition coefficient (Wildman–Crippen LogP) is 0.775. The summed E-state index contributed by atoms with van der Waals surface area (Å²) in [7, 11) is 0. The van der Waals surface area contributed by atoms with E-state index in [1.54, 1.807) is 0 Å². The maximum absolute atomic E-state index is 10.6. The van der Waals surface area contributed by atoms with E-state index in [0.717, 1.165) is 5.56 Å². The van der Waals surface area contributed by atoms with E-state index in [1.165, 1.54) is 0 Å². The van der Waals surface area contributed by atoms with Gasteiger partial charge < -0.3 is 11.1 Å². The summed E-state index contributed by atoms with van der Waals surface area (Å²) in [6, 6.07) is 9.73. The Hall–Kier alpha value is -1.77. The van der Waals surface area contributed by atoms with Crippen molar-refractivity contribution < 1.29 is 4.79 Å². The minimum atomic E-state index is -0.518. The molecule has 0 fully saturated rings. The molecule has 0 saturated carbocycles. The maximum atomic E-state index is 10.6. The highest BCUT2D eigenvalue weighted by Crippen LogP contribution is 1.98. The number of nitrogens with one attached hydrogen (secondary N) is 1. The van der Waals surface area contributed by atoms with Crippen LogP contribution in [0, 0.1) is 0 Å². The summed E-state index contributed by atoms with van der Waals surface area (Å²) in [5, 5.41) is 2.83. The van der Waals surface area contributed by atoms with E-state index in [9.17, 15) is 4.79 Å². The smallest absolute Gasteiger partial charge is 0.264 e. The molecule has 0 spiro atoms. The molecule has 3 nitrogen and oxygen atoms in total. The third-order valence-electron chi connectivity index (χ3n) is 1.65. The van der Waals surface area contributed by atoms with Crippen molar-refractivity contribution in [1.82, 2.24) is 5.32 Å². The third kappa shape index (κ3) is 2.99. The first-order valence-corrected chi connectivity index (χ1v) is 3.96. The standard InChI is InChI=1S/C10H12N2O/c1-8(10(11)13)12-7-9-5-3-2-4-6-9/h2-6,12H,1,7H2,(H2,11,13). The molecule has 0 aliphatic heterocycles. The van der Waals surface area contributed by atoms with Crippen molar-refractivity contribution in [3.63, 3.8) is 0 Å². The van der Waals surface area contributed by atoms with Crippen LogP contribution in [0.25, 0.3) is 0 Å². The highest BCUT2D eigenvalue weighted by atomic mass is 16.1. The van der Waals surface area contributed by atoms with Gasteiger partial charge in [0.1, 0.15) is 0 Å². The molecule has 0 bridgehead atoms. The summed E-state index contributed by atoms with van der Waals surface area (Å²) in [5.74, 6) is -0.518. The molecule has 1 aromatic rings. The Kier molecular flexibility index (Phi) is 3.09. The summed E-state index contributed by atoms with van der Waals surface area (Å²) < 4.78 is 0. The van der Waals surface area contributed by atoms with Crippen molar-refractivity contribution >= 4 is 5.91 Å². The van der Waals surface area contributed by atoms with Crippen LogP contribution in [0.15, 0.2) is 42.6 Å². The summed E-state index contributed by atoms with van der Waals surface area (Å²) in [6.45, 7) is 4.06. The lowest BCUT2D eigenvalue weighted by Gasteiger charge is -2.05. The number of rotatable bonds is 4. The normalized spacial score (nSPS) is 9.23. The first kappa shape index (κ1) is 9.32. The highest BCUT2D eigenvalue weighted by Gasteiger charge is 1.99. The Morgan fingerprint density at radius 1 is 1.38 bits per heavy atom. The largest absolute Gasteiger partial charge is 0.377 e. The highest BCUT2D eigenvalue weighted by molar-refractivity contribution is 5.90. The van der Waals surface area contributed by atoms with Crippen LogP contribution in [0.2, 0.25) is 0 Å². The summed E-state index contributed by atoms with van der Waals surface area (Å²) in [6.07, 6.45) is 0. The van der Waals surface area contributed by atoms with E-state index in [4.69, 9.17) is 5.73 Å². The second kappa shape index (κ2) is 4.30. The van der Waals surface area contributed by atoms with Crippen molar-refractivity contribution in [3.8, 4) is 0 Å². The summed E-state index contributed by atoms with van der Waals surface area (Å²) in [5.41, 5.74) is 6.33. The van der Waals surface area contributed by atoms with Gasteiger partial charge in [-0.25, -0.2) is 0 Å². The van der Waals surface area contributed by atoms with E-state index < -0.39 is 5.91 Å². The molecule has 0 unspecified atom stereocenters. The van der Waals surface area contributed by atoms with Gasteiger partial charge in [0.05, 0.1) is 5.70 Å². The molecular formula is C10H12N2O. The molecule has 0 radical (unpaired) electrons. The second-order valence-corrected chi connectivity index (χ2v) is 2.68. The van der Waals surface area contributed by atoms with Crippen LogP contribution in [0.4, 0.5) is 0 Å². The van der Waals surface area contributed by atoms with Crippen molar-refractivity contribution in [2.75, 3.05) is 0 Å². The molecule has 0 aliphatic carbocycles. The molecular weight excluding hydrogens is 164 g/mol. The lowest BCUT2D eigenvalue weighted by atomic mass is 10.2. The number of benzene rings is 1. The van der Waals surface area contributed by atoms with Gasteiger partial charge >= 0.3 is 0 Å². The molecule has 68 valence electrons. The Morgan fingerprint density at radius 2 is 2.00 bits per heavy atom. The average Bonchev–Trinajstić information content (AvgIpc) is 2.15. The van der Waals surface area contributed by atoms with Crippen molar-refractivity contribution in [2.45, 2.75) is 6.54 Å². The SMILES string of the molecule is C=C(NCc1ccccc1)C(N)=O. The quantitative estimate of drug-likeness (QED) is 0.666. The van der Waals surface area contributed by atoms with Crippen LogP contribution in [-0.4, -0.2) is 5.91 Å². The van der Waals surface area contributed by atoms with Gasteiger partial charge in [-0.1, -0.05) is 36.9 Å². The molecule has 0 heterocycles. The van der Waals surface area contributed by atoms with Crippen LogP contribution in [-0.2, 0) is 11.3 Å². The van der Waals surface area contributed by atoms with Crippen LogP contribution < -0.4 is 11.1 Å². The van der Waals surface area contributed by atoms with Gasteiger partial charge in [0.2, 0.25) is 0 Å². The molecule has 1 rings (SSSR count). The fraction of sp³-hybridized carbons (Fsp3) is 0.100. The van der Waals surface area contributed by atoms with Crippen LogP contribution in [0.5, 0.6) is 0 Å². The molecule has 1 amide bonds. The Bertz CT molecular complexity index is 306. The number of carbonyl (C=O) groups excluding carboxylic acids is 1. The minimum absolute atomic E-state index is 0.240. The van der Waals surface area contributed by atoms with E-state index in [-0.39, 0.29) is 5.70 Å². The molecule has 1 aromatic carbocycles. The van der Waals surface area contributed by atoms with Crippen LogP contribution >= 0.6 is 0 Å². The lowest BCUT2D eigenvalue weighted by molar-refractivity contribution is -0.114. The van der Waals surface area contributed by atoms with Crippen LogP contribution in [0.3, 0.4) is 0 Å². The van der Waals surface area contributed by atoms with Crippen molar-refractivity contribution in [2.24, 2.45) is 5.73 Å². The first-order valence-electron chi connectivity index (χ1n) is 3.96. The van der Waals surface area contributed by atoms with E-state index >= 15 is 0 Å². The fourth-order valence-electron chi connectivity index (χ4n) is 0.892. The predicted molar refractivity (Wildman–Crippen MR) is 51.6 cm³/mol. The first-order chi connectivity index (χ1) is 6.20. The zero-order valence-corrected chi connectivity index (χ0v) is 7.29. The van der Waals surface area contributed by atoms with Gasteiger partial charge in [0, 0.05) is 6.54 Å². The van der Waals surface area contributed by atoms with Gasteiger partial charge in [0.15, 0.2) is 0 Å². The van der Waals surface area contributed by atoms with Gasteiger partial charge in [-0.15, -0.1) is 0 Å². The Morgan fingerprint density at radius 3 is 2.54 bits per heavy atom. The van der Waals surface area contributed by atoms with E-state index in [0.29, 0.717) is 6.54 Å². The topological polar surface area (TPSA) is 55.1 Å². The molecule has 0 saturated heterocycles. The van der Waals surface area contributed by atoms with Gasteiger partial charge in [-0.2, -0.15) is 0 Å². The zero-order chi connectivity index (χ0) is 9.68. The third-order valence-corrected chi connectivity index (χ3v) is 1.65. The Labute approximate surface area is 77.3 Å². The zero-order valence-electron chi connectivity index (χ0n) is 7.29. The number of carbonyl (C=O) groups is 1. The molecule has 3 heteroatoms. The molecule has 13 heavy (non-hydrogen) atoms. The molecule has 3 N–H and O–H groups in total. The minimum Gasteiger partial charge on any atom is -0.377 e. The number of amides is 1. The van der Waals surface area contributed by atoms with Crippen LogP contribution in [0.1, 0.15) is 5.56 Å². The Balaban J connectivity index is 2.44. The monoisotopic (exact) mass is 176 g/mol.